The number of nitrogens with one attached hydrogen (secondary N) is 2. The number of carbonyl (C=O) groups excluding carboxylic acids is 2. The molecule has 0 unspecified atom stereocenters. The quantitative estimate of drug-likeness (QED) is 0.342. The number of rotatable bonds is 9. The van der Waals surface area contributed by atoms with Crippen molar-refractivity contribution in [2.45, 2.75) is 32.9 Å². The SMILES string of the molecule is CCCCNC(=O)c1cc(Cl)cc(C)c1NC(=O)c1cc(OCC(F)(F)F)nn1-c1ncccc1Cl. The van der Waals surface area contributed by atoms with Gasteiger partial charge < -0.3 is 15.4 Å². The van der Waals surface area contributed by atoms with Crippen molar-refractivity contribution in [3.8, 4) is 11.7 Å². The summed E-state index contributed by atoms with van der Waals surface area (Å²) >= 11 is 12.3. The van der Waals surface area contributed by atoms with E-state index in [2.05, 4.69) is 20.7 Å². The van der Waals surface area contributed by atoms with Crippen LogP contribution in [0.5, 0.6) is 5.88 Å². The molecule has 8 nitrogen and oxygen atoms in total. The molecule has 0 saturated heterocycles. The number of hydrogen-bond acceptors (Lipinski definition) is 5. The van der Waals surface area contributed by atoms with Crippen LogP contribution in [-0.2, 0) is 0 Å². The van der Waals surface area contributed by atoms with Crippen molar-refractivity contribution in [1.82, 2.24) is 20.1 Å². The zero-order chi connectivity index (χ0) is 26.5. The van der Waals surface area contributed by atoms with E-state index in [1.54, 1.807) is 13.0 Å². The van der Waals surface area contributed by atoms with Crippen LogP contribution in [0, 0.1) is 6.92 Å². The number of ether oxygens (including phenoxy) is 1. The molecule has 0 atom stereocenters. The lowest BCUT2D eigenvalue weighted by Crippen LogP contribution is -2.27. The van der Waals surface area contributed by atoms with Crippen molar-refractivity contribution in [3.63, 3.8) is 0 Å². The van der Waals surface area contributed by atoms with Gasteiger partial charge >= 0.3 is 6.18 Å². The minimum Gasteiger partial charge on any atom is -0.467 e. The highest BCUT2D eigenvalue weighted by Gasteiger charge is 2.30. The topological polar surface area (TPSA) is 98.1 Å². The number of halogens is 5. The summed E-state index contributed by atoms with van der Waals surface area (Å²) in [6.45, 7) is 2.44. The molecule has 0 radical (unpaired) electrons. The number of benzene rings is 1. The first kappa shape index (κ1) is 27.3. The normalized spacial score (nSPS) is 11.3. The first-order valence-electron chi connectivity index (χ1n) is 10.8. The van der Waals surface area contributed by atoms with Crippen LogP contribution >= 0.6 is 23.2 Å². The van der Waals surface area contributed by atoms with Crippen LogP contribution < -0.4 is 15.4 Å². The van der Waals surface area contributed by atoms with Gasteiger partial charge in [-0.1, -0.05) is 36.5 Å². The second kappa shape index (κ2) is 11.6. The van der Waals surface area contributed by atoms with Gasteiger partial charge in [0.05, 0.1) is 16.3 Å². The predicted molar refractivity (Wildman–Crippen MR) is 129 cm³/mol. The summed E-state index contributed by atoms with van der Waals surface area (Å²) in [5.41, 5.74) is 0.572. The van der Waals surface area contributed by atoms with Crippen LogP contribution in [0.1, 0.15) is 46.2 Å². The molecule has 0 bridgehead atoms. The van der Waals surface area contributed by atoms with Gasteiger partial charge in [0.1, 0.15) is 5.69 Å². The van der Waals surface area contributed by atoms with E-state index < -0.39 is 30.5 Å². The van der Waals surface area contributed by atoms with E-state index in [9.17, 15) is 22.8 Å². The Morgan fingerprint density at radius 2 is 1.92 bits per heavy atom. The van der Waals surface area contributed by atoms with Crippen molar-refractivity contribution in [1.29, 1.82) is 0 Å². The molecule has 3 rings (SSSR count). The number of pyridine rings is 1. The van der Waals surface area contributed by atoms with Gasteiger partial charge in [-0.3, -0.25) is 9.59 Å². The lowest BCUT2D eigenvalue weighted by Gasteiger charge is -2.15. The third-order valence-corrected chi connectivity index (χ3v) is 5.36. The summed E-state index contributed by atoms with van der Waals surface area (Å²) in [6.07, 6.45) is -1.60. The summed E-state index contributed by atoms with van der Waals surface area (Å²) in [7, 11) is 0. The maximum absolute atomic E-state index is 13.3. The van der Waals surface area contributed by atoms with Crippen LogP contribution in [0.15, 0.2) is 36.5 Å². The van der Waals surface area contributed by atoms with E-state index >= 15 is 0 Å². The van der Waals surface area contributed by atoms with Crippen LogP contribution in [0.3, 0.4) is 0 Å². The highest BCUT2D eigenvalue weighted by molar-refractivity contribution is 6.32. The van der Waals surface area contributed by atoms with Crippen molar-refractivity contribution < 1.29 is 27.5 Å². The van der Waals surface area contributed by atoms with Crippen LogP contribution in [0.25, 0.3) is 5.82 Å². The number of anilines is 1. The minimum atomic E-state index is -4.62. The fourth-order valence-electron chi connectivity index (χ4n) is 3.18. The molecule has 1 aromatic carbocycles. The summed E-state index contributed by atoms with van der Waals surface area (Å²) < 4.78 is 43.7. The Labute approximate surface area is 214 Å². The highest BCUT2D eigenvalue weighted by atomic mass is 35.5. The molecule has 0 aliphatic rings. The van der Waals surface area contributed by atoms with Gasteiger partial charge in [-0.15, -0.1) is 5.10 Å². The molecule has 2 N–H and O–H groups in total. The molecule has 2 amide bonds. The average molecular weight is 544 g/mol. The van der Waals surface area contributed by atoms with Gasteiger partial charge in [-0.2, -0.15) is 13.2 Å². The number of carbonyl (C=O) groups is 2. The van der Waals surface area contributed by atoms with Gasteiger partial charge in [0.15, 0.2) is 12.4 Å². The molecule has 13 heteroatoms. The molecule has 36 heavy (non-hydrogen) atoms. The van der Waals surface area contributed by atoms with Crippen LogP contribution in [-0.4, -0.2) is 45.9 Å². The number of nitrogens with zero attached hydrogens (tertiary/aromatic N) is 3. The third kappa shape index (κ3) is 6.88. The minimum absolute atomic E-state index is 0.00321. The fraction of sp³-hybridized carbons (Fsp3) is 0.304. The Morgan fingerprint density at radius 1 is 1.17 bits per heavy atom. The maximum Gasteiger partial charge on any atom is 0.422 e. The number of aromatic nitrogens is 3. The monoisotopic (exact) mass is 543 g/mol. The summed E-state index contributed by atoms with van der Waals surface area (Å²) in [5, 5.41) is 9.73. The van der Waals surface area contributed by atoms with Gasteiger partial charge in [-0.05, 0) is 43.2 Å². The van der Waals surface area contributed by atoms with E-state index in [4.69, 9.17) is 27.9 Å². The highest BCUT2D eigenvalue weighted by Crippen LogP contribution is 2.28. The lowest BCUT2D eigenvalue weighted by atomic mass is 10.1. The molecule has 0 saturated carbocycles. The van der Waals surface area contributed by atoms with Gasteiger partial charge in [0.2, 0.25) is 5.88 Å². The predicted octanol–water partition coefficient (Wildman–Crippen LogP) is 5.61. The molecular formula is C23H22Cl2F3N5O3. The number of alkyl halides is 3. The number of aryl methyl sites for hydroxylation is 1. The smallest absolute Gasteiger partial charge is 0.422 e. The Morgan fingerprint density at radius 3 is 2.58 bits per heavy atom. The average Bonchev–Trinajstić information content (AvgIpc) is 3.23. The Bertz CT molecular complexity index is 1260. The maximum atomic E-state index is 13.3. The third-order valence-electron chi connectivity index (χ3n) is 4.84. The van der Waals surface area contributed by atoms with Crippen LogP contribution in [0.4, 0.5) is 18.9 Å². The molecule has 0 aliphatic carbocycles. The number of unbranched alkanes of at least 4 members (excludes halogenated alkanes) is 1. The molecule has 2 heterocycles. The second-order valence-corrected chi connectivity index (χ2v) is 8.54. The van der Waals surface area contributed by atoms with Gasteiger partial charge in [-0.25, -0.2) is 9.67 Å². The standard InChI is InChI=1S/C23H22Cl2F3N5O3/c1-3-4-7-30-21(34)15-10-14(24)9-13(2)19(15)31-22(35)17-11-18(36-12-23(26,27)28)32-33(17)20-16(25)6-5-8-29-20/h5-6,8-11H,3-4,7,12H2,1-2H3,(H,30,34)(H,31,35). The second-order valence-electron chi connectivity index (χ2n) is 7.70. The van der Waals surface area contributed by atoms with E-state index in [-0.39, 0.29) is 27.8 Å². The summed E-state index contributed by atoms with van der Waals surface area (Å²) in [4.78, 5) is 30.2. The summed E-state index contributed by atoms with van der Waals surface area (Å²) in [6, 6.07) is 7.02. The van der Waals surface area contributed by atoms with E-state index in [0.717, 1.165) is 23.6 Å². The lowest BCUT2D eigenvalue weighted by molar-refractivity contribution is -0.154. The van der Waals surface area contributed by atoms with Crippen molar-refractivity contribution >= 4 is 40.7 Å². The molecule has 0 spiro atoms. The molecule has 0 fully saturated rings. The van der Waals surface area contributed by atoms with Gasteiger partial charge in [0.25, 0.3) is 11.8 Å². The number of amides is 2. The Hall–Kier alpha value is -3.31. The molecule has 0 aliphatic heterocycles. The van der Waals surface area contributed by atoms with Crippen LogP contribution in [0.2, 0.25) is 10.0 Å². The van der Waals surface area contributed by atoms with Crippen molar-refractivity contribution in [3.05, 3.63) is 63.4 Å². The van der Waals surface area contributed by atoms with Crippen molar-refractivity contribution in [2.75, 3.05) is 18.5 Å². The first-order valence-corrected chi connectivity index (χ1v) is 11.6. The Balaban J connectivity index is 2.00. The summed E-state index contributed by atoms with van der Waals surface area (Å²) in [5.74, 6) is -1.71. The van der Waals surface area contributed by atoms with E-state index in [1.807, 2.05) is 6.92 Å². The van der Waals surface area contributed by atoms with Gasteiger partial charge in [0, 0.05) is 23.8 Å². The zero-order valence-electron chi connectivity index (χ0n) is 19.2. The largest absolute Gasteiger partial charge is 0.467 e. The fourth-order valence-corrected chi connectivity index (χ4v) is 3.66. The first-order chi connectivity index (χ1) is 17.0. The molecular weight excluding hydrogens is 522 g/mol. The molecule has 192 valence electrons. The number of hydrogen-bond donors (Lipinski definition) is 2. The van der Waals surface area contributed by atoms with E-state index in [1.165, 1.54) is 24.4 Å². The Kier molecular flexibility index (Phi) is 8.80. The molecule has 3 aromatic rings. The molecule has 2 aromatic heterocycles. The zero-order valence-corrected chi connectivity index (χ0v) is 20.8. The van der Waals surface area contributed by atoms with E-state index in [0.29, 0.717) is 17.1 Å². The van der Waals surface area contributed by atoms with Crippen molar-refractivity contribution in [2.24, 2.45) is 0 Å².